The number of likely N-dealkylation sites (N-methyl/N-ethyl adjacent to an activating group) is 1. The number of hydrogen-bond donors (Lipinski definition) is 0. The van der Waals surface area contributed by atoms with Crippen molar-refractivity contribution in [3.8, 4) is 0 Å². The summed E-state index contributed by atoms with van der Waals surface area (Å²) in [6, 6.07) is 5.47. The topological polar surface area (TPSA) is 69.9 Å². The number of thioether (sulfide) groups is 1. The molecule has 0 spiro atoms. The van der Waals surface area contributed by atoms with E-state index >= 15 is 0 Å². The van der Waals surface area contributed by atoms with E-state index in [1.165, 1.54) is 0 Å². The molecule has 1 aliphatic rings. The quantitative estimate of drug-likeness (QED) is 0.748. The molecule has 2 amide bonds. The standard InChI is InChI=1S/C19H26N4O3S/c1-14-20-18-15(5-4-6-16(18)26-14)19(25)23-11-9-22(10-12-23)8-7-21(2)17(24)13-27-3/h4-6H,7-13H2,1-3H3. The van der Waals surface area contributed by atoms with Gasteiger partial charge < -0.3 is 14.2 Å². The number of oxazole rings is 1. The van der Waals surface area contributed by atoms with E-state index in [4.69, 9.17) is 4.42 Å². The van der Waals surface area contributed by atoms with E-state index in [9.17, 15) is 9.59 Å². The van der Waals surface area contributed by atoms with Gasteiger partial charge in [0.05, 0.1) is 11.3 Å². The third-order valence-corrected chi connectivity index (χ3v) is 5.40. The Hall–Kier alpha value is -2.06. The molecule has 8 heteroatoms. The van der Waals surface area contributed by atoms with Gasteiger partial charge in [-0.3, -0.25) is 14.5 Å². The summed E-state index contributed by atoms with van der Waals surface area (Å²) in [5.74, 6) is 1.25. The minimum atomic E-state index is 0.000756. The van der Waals surface area contributed by atoms with Crippen molar-refractivity contribution in [2.45, 2.75) is 6.92 Å². The zero-order valence-corrected chi connectivity index (χ0v) is 16.9. The molecular weight excluding hydrogens is 364 g/mol. The summed E-state index contributed by atoms with van der Waals surface area (Å²) in [4.78, 5) is 35.1. The Morgan fingerprint density at radius 1 is 1.26 bits per heavy atom. The lowest BCUT2D eigenvalue weighted by Gasteiger charge is -2.35. The van der Waals surface area contributed by atoms with Gasteiger partial charge in [0, 0.05) is 53.2 Å². The molecule has 7 nitrogen and oxygen atoms in total. The summed E-state index contributed by atoms with van der Waals surface area (Å²) in [6.07, 6.45) is 1.93. The van der Waals surface area contributed by atoms with Crippen LogP contribution in [0.5, 0.6) is 0 Å². The van der Waals surface area contributed by atoms with Crippen molar-refractivity contribution in [2.75, 3.05) is 58.3 Å². The highest BCUT2D eigenvalue weighted by Gasteiger charge is 2.24. The van der Waals surface area contributed by atoms with Crippen LogP contribution in [0.1, 0.15) is 16.2 Å². The molecule has 146 valence electrons. The Labute approximate surface area is 163 Å². The second-order valence-corrected chi connectivity index (χ2v) is 7.63. The average molecular weight is 391 g/mol. The number of benzene rings is 1. The highest BCUT2D eigenvalue weighted by molar-refractivity contribution is 7.99. The third kappa shape index (κ3) is 4.62. The van der Waals surface area contributed by atoms with Gasteiger partial charge in [-0.05, 0) is 18.4 Å². The van der Waals surface area contributed by atoms with Crippen molar-refractivity contribution in [3.05, 3.63) is 29.7 Å². The van der Waals surface area contributed by atoms with Gasteiger partial charge in [-0.15, -0.1) is 0 Å². The van der Waals surface area contributed by atoms with Crippen LogP contribution in [0.2, 0.25) is 0 Å². The Morgan fingerprint density at radius 3 is 2.70 bits per heavy atom. The second kappa shape index (κ2) is 8.75. The summed E-state index contributed by atoms with van der Waals surface area (Å²) in [5.41, 5.74) is 1.88. The highest BCUT2D eigenvalue weighted by Crippen LogP contribution is 2.21. The number of aromatic nitrogens is 1. The van der Waals surface area contributed by atoms with E-state index in [-0.39, 0.29) is 11.8 Å². The summed E-state index contributed by atoms with van der Waals surface area (Å²) >= 11 is 1.54. The fraction of sp³-hybridized carbons (Fsp3) is 0.526. The van der Waals surface area contributed by atoms with Crippen LogP contribution in [0.3, 0.4) is 0 Å². The molecule has 0 aliphatic carbocycles. The number of carbonyl (C=O) groups excluding carboxylic acids is 2. The first-order valence-electron chi connectivity index (χ1n) is 9.10. The molecule has 0 unspecified atom stereocenters. The third-order valence-electron chi connectivity index (χ3n) is 4.86. The highest BCUT2D eigenvalue weighted by atomic mass is 32.2. The summed E-state index contributed by atoms with van der Waals surface area (Å²) in [7, 11) is 1.85. The fourth-order valence-corrected chi connectivity index (χ4v) is 3.69. The van der Waals surface area contributed by atoms with Crippen molar-refractivity contribution in [1.29, 1.82) is 0 Å². The van der Waals surface area contributed by atoms with E-state index in [0.29, 0.717) is 47.9 Å². The fourth-order valence-electron chi connectivity index (χ4n) is 3.23. The number of rotatable bonds is 6. The number of aryl methyl sites for hydroxylation is 1. The predicted octanol–water partition coefficient (Wildman–Crippen LogP) is 1.72. The van der Waals surface area contributed by atoms with E-state index in [1.54, 1.807) is 23.6 Å². The van der Waals surface area contributed by atoms with Gasteiger partial charge >= 0.3 is 0 Å². The molecule has 1 aliphatic heterocycles. The van der Waals surface area contributed by atoms with Gasteiger partial charge in [-0.1, -0.05) is 6.07 Å². The molecule has 0 radical (unpaired) electrons. The largest absolute Gasteiger partial charge is 0.441 e. The second-order valence-electron chi connectivity index (χ2n) is 6.77. The van der Waals surface area contributed by atoms with Crippen molar-refractivity contribution < 1.29 is 14.0 Å². The Bertz CT molecular complexity index is 814. The predicted molar refractivity (Wildman–Crippen MR) is 107 cm³/mol. The lowest BCUT2D eigenvalue weighted by molar-refractivity contribution is -0.127. The van der Waals surface area contributed by atoms with Crippen LogP contribution in [0.25, 0.3) is 11.1 Å². The van der Waals surface area contributed by atoms with Crippen molar-refractivity contribution in [1.82, 2.24) is 19.7 Å². The Morgan fingerprint density at radius 2 is 2.00 bits per heavy atom. The van der Waals surface area contributed by atoms with Crippen LogP contribution in [-0.2, 0) is 4.79 Å². The summed E-state index contributed by atoms with van der Waals surface area (Å²) < 4.78 is 5.53. The van der Waals surface area contributed by atoms with E-state index in [2.05, 4.69) is 9.88 Å². The molecule has 1 aromatic heterocycles. The van der Waals surface area contributed by atoms with Gasteiger partial charge in [-0.2, -0.15) is 11.8 Å². The maximum Gasteiger partial charge on any atom is 0.256 e. The first kappa shape index (κ1) is 19.7. The zero-order valence-electron chi connectivity index (χ0n) is 16.1. The van der Waals surface area contributed by atoms with E-state index < -0.39 is 0 Å². The van der Waals surface area contributed by atoms with Gasteiger partial charge in [0.15, 0.2) is 11.5 Å². The van der Waals surface area contributed by atoms with Crippen LogP contribution >= 0.6 is 11.8 Å². The molecule has 0 atom stereocenters. The summed E-state index contributed by atoms with van der Waals surface area (Å²) in [6.45, 7) is 6.30. The maximum atomic E-state index is 12.9. The first-order valence-corrected chi connectivity index (χ1v) is 10.5. The zero-order chi connectivity index (χ0) is 19.4. The Kier molecular flexibility index (Phi) is 6.38. The van der Waals surface area contributed by atoms with E-state index in [0.717, 1.165) is 19.6 Å². The van der Waals surface area contributed by atoms with E-state index in [1.807, 2.05) is 36.4 Å². The Balaban J connectivity index is 1.54. The minimum Gasteiger partial charge on any atom is -0.441 e. The molecule has 27 heavy (non-hydrogen) atoms. The molecule has 2 heterocycles. The first-order chi connectivity index (χ1) is 13.0. The molecule has 0 bridgehead atoms. The van der Waals surface area contributed by atoms with Crippen LogP contribution in [-0.4, -0.2) is 89.8 Å². The lowest BCUT2D eigenvalue weighted by atomic mass is 10.1. The van der Waals surface area contributed by atoms with Gasteiger partial charge in [0.1, 0.15) is 5.52 Å². The van der Waals surface area contributed by atoms with Crippen LogP contribution < -0.4 is 0 Å². The molecule has 2 aromatic rings. The molecule has 3 rings (SSSR count). The van der Waals surface area contributed by atoms with Gasteiger partial charge in [-0.25, -0.2) is 4.98 Å². The average Bonchev–Trinajstić information content (AvgIpc) is 3.06. The van der Waals surface area contributed by atoms with Crippen LogP contribution in [0.4, 0.5) is 0 Å². The van der Waals surface area contributed by atoms with Gasteiger partial charge in [0.2, 0.25) is 5.91 Å². The number of para-hydroxylation sites is 1. The summed E-state index contributed by atoms with van der Waals surface area (Å²) in [5, 5.41) is 0. The molecule has 1 saturated heterocycles. The number of amides is 2. The van der Waals surface area contributed by atoms with Crippen LogP contribution in [0, 0.1) is 6.92 Å². The number of carbonyl (C=O) groups is 2. The monoisotopic (exact) mass is 390 g/mol. The van der Waals surface area contributed by atoms with Crippen molar-refractivity contribution in [2.24, 2.45) is 0 Å². The number of fused-ring (bicyclic) bond motifs is 1. The molecule has 1 fully saturated rings. The minimum absolute atomic E-state index is 0.000756. The van der Waals surface area contributed by atoms with Gasteiger partial charge in [0.25, 0.3) is 5.91 Å². The smallest absolute Gasteiger partial charge is 0.256 e. The molecule has 0 saturated carbocycles. The number of nitrogens with zero attached hydrogens (tertiary/aromatic N) is 4. The molecule has 1 aromatic carbocycles. The maximum absolute atomic E-state index is 12.9. The SMILES string of the molecule is CSCC(=O)N(C)CCN1CCN(C(=O)c2cccc3oc(C)nc23)CC1. The number of piperazine rings is 1. The lowest BCUT2D eigenvalue weighted by Crippen LogP contribution is -2.50. The van der Waals surface area contributed by atoms with Crippen LogP contribution in [0.15, 0.2) is 22.6 Å². The molecule has 0 N–H and O–H groups in total. The van der Waals surface area contributed by atoms with Crippen molar-refractivity contribution >= 4 is 34.7 Å². The molecular formula is C19H26N4O3S. The number of hydrogen-bond acceptors (Lipinski definition) is 6. The van der Waals surface area contributed by atoms with Crippen molar-refractivity contribution in [3.63, 3.8) is 0 Å². The normalized spacial score (nSPS) is 15.3.